The zero-order valence-electron chi connectivity index (χ0n) is 36.2. The van der Waals surface area contributed by atoms with Crippen LogP contribution in [0.1, 0.15) is 129 Å². The SMILES string of the molecule is CC/C=C\C/C=C\C/C=C\C/C=C\CCCCCCC(=O)OC(COCCCCC/C=C\C/C=C\C/C=C\C/C=C\CC)COC1OC(CO)C(O)C(OS(=O)(=O)O)C1O. The average molecular weight is 865 g/mol. The topological polar surface area (TPSA) is 178 Å². The summed E-state index contributed by atoms with van der Waals surface area (Å²) >= 11 is 0. The fourth-order valence-corrected chi connectivity index (χ4v) is 6.45. The highest BCUT2D eigenvalue weighted by Crippen LogP contribution is 2.26. The van der Waals surface area contributed by atoms with E-state index in [0.29, 0.717) is 13.0 Å². The lowest BCUT2D eigenvalue weighted by Gasteiger charge is -2.41. The number of carbonyl (C=O) groups is 1. The van der Waals surface area contributed by atoms with E-state index >= 15 is 0 Å². The predicted molar refractivity (Wildman–Crippen MR) is 238 cm³/mol. The van der Waals surface area contributed by atoms with E-state index in [1.807, 2.05) is 0 Å². The summed E-state index contributed by atoms with van der Waals surface area (Å²) in [5, 5.41) is 30.6. The van der Waals surface area contributed by atoms with Gasteiger partial charge in [0.2, 0.25) is 0 Å². The van der Waals surface area contributed by atoms with Crippen LogP contribution in [0.15, 0.2) is 97.2 Å². The summed E-state index contributed by atoms with van der Waals surface area (Å²) < 4.78 is 59.0. The molecule has 0 radical (unpaired) electrons. The van der Waals surface area contributed by atoms with Gasteiger partial charge in [0.15, 0.2) is 6.29 Å². The molecule has 4 N–H and O–H groups in total. The number of aliphatic hydroxyl groups excluding tert-OH is 3. The van der Waals surface area contributed by atoms with Crippen LogP contribution in [0.5, 0.6) is 0 Å². The Morgan fingerprint density at radius 2 is 1.10 bits per heavy atom. The Labute approximate surface area is 361 Å². The van der Waals surface area contributed by atoms with Gasteiger partial charge in [-0.25, -0.2) is 4.18 Å². The largest absolute Gasteiger partial charge is 0.457 e. The summed E-state index contributed by atoms with van der Waals surface area (Å²) in [5.74, 6) is -0.439. The number of unbranched alkanes of at least 4 members (excludes halogenated alkanes) is 7. The molecule has 12 nitrogen and oxygen atoms in total. The van der Waals surface area contributed by atoms with Crippen LogP contribution < -0.4 is 0 Å². The van der Waals surface area contributed by atoms with Gasteiger partial charge in [0, 0.05) is 13.0 Å². The maximum absolute atomic E-state index is 12.8. The van der Waals surface area contributed by atoms with Gasteiger partial charge in [-0.3, -0.25) is 9.35 Å². The van der Waals surface area contributed by atoms with Crippen molar-refractivity contribution in [2.24, 2.45) is 0 Å². The van der Waals surface area contributed by atoms with Crippen LogP contribution >= 0.6 is 0 Å². The number of carbonyl (C=O) groups excluding carboxylic acids is 1. The molecule has 1 fully saturated rings. The molecule has 13 heteroatoms. The smallest absolute Gasteiger partial charge is 0.397 e. The maximum atomic E-state index is 12.8. The fraction of sp³-hybridized carbons (Fsp3) is 0.638. The molecular weight excluding hydrogens is 789 g/mol. The molecule has 1 aliphatic rings. The van der Waals surface area contributed by atoms with E-state index in [0.717, 1.165) is 103 Å². The summed E-state index contributed by atoms with van der Waals surface area (Å²) in [6.07, 6.45) is 41.5. The highest BCUT2D eigenvalue weighted by molar-refractivity contribution is 7.80. The molecule has 342 valence electrons. The molecule has 0 amide bonds. The van der Waals surface area contributed by atoms with Crippen LogP contribution in [0.2, 0.25) is 0 Å². The minimum absolute atomic E-state index is 0.00269. The average Bonchev–Trinajstić information content (AvgIpc) is 3.22. The second-order valence-corrected chi connectivity index (χ2v) is 15.6. The normalized spacial score (nSPS) is 21.2. The third-order valence-electron chi connectivity index (χ3n) is 9.20. The van der Waals surface area contributed by atoms with Gasteiger partial charge in [0.25, 0.3) is 0 Å². The lowest BCUT2D eigenvalue weighted by Crippen LogP contribution is -2.60. The van der Waals surface area contributed by atoms with Crippen LogP contribution in [0.4, 0.5) is 0 Å². The number of aliphatic hydroxyl groups is 3. The van der Waals surface area contributed by atoms with Gasteiger partial charge in [0.05, 0.1) is 19.8 Å². The summed E-state index contributed by atoms with van der Waals surface area (Å²) in [4.78, 5) is 12.8. The van der Waals surface area contributed by atoms with Crippen LogP contribution in [-0.2, 0) is 38.3 Å². The Kier molecular flexibility index (Phi) is 34.6. The molecule has 0 aliphatic carbocycles. The third kappa shape index (κ3) is 31.0. The second-order valence-electron chi connectivity index (χ2n) is 14.5. The first-order chi connectivity index (χ1) is 29.1. The molecule has 0 aromatic carbocycles. The van der Waals surface area contributed by atoms with Crippen molar-refractivity contribution in [3.05, 3.63) is 97.2 Å². The summed E-state index contributed by atoms with van der Waals surface area (Å²) in [6.45, 7) is 3.62. The molecule has 0 aromatic heterocycles. The van der Waals surface area contributed by atoms with E-state index in [1.165, 1.54) is 0 Å². The minimum Gasteiger partial charge on any atom is -0.457 e. The maximum Gasteiger partial charge on any atom is 0.397 e. The first-order valence-corrected chi connectivity index (χ1v) is 23.4. The number of esters is 1. The van der Waals surface area contributed by atoms with Gasteiger partial charge in [0.1, 0.15) is 30.5 Å². The van der Waals surface area contributed by atoms with E-state index in [9.17, 15) is 28.5 Å². The van der Waals surface area contributed by atoms with Crippen molar-refractivity contribution in [1.82, 2.24) is 0 Å². The minimum atomic E-state index is -5.08. The molecule has 0 aromatic rings. The molecular formula is C47H76O12S. The molecule has 1 heterocycles. The highest BCUT2D eigenvalue weighted by Gasteiger charge is 2.48. The van der Waals surface area contributed by atoms with Gasteiger partial charge >= 0.3 is 16.4 Å². The van der Waals surface area contributed by atoms with Crippen LogP contribution in [-0.4, -0.2) is 97.5 Å². The van der Waals surface area contributed by atoms with Crippen LogP contribution in [0.25, 0.3) is 0 Å². The molecule has 0 spiro atoms. The number of hydrogen-bond donors (Lipinski definition) is 4. The Bertz CT molecular complexity index is 1410. The van der Waals surface area contributed by atoms with Crippen LogP contribution in [0.3, 0.4) is 0 Å². The molecule has 0 bridgehead atoms. The summed E-state index contributed by atoms with van der Waals surface area (Å²) in [5.41, 5.74) is 0. The Morgan fingerprint density at radius 1 is 0.633 bits per heavy atom. The Hall–Kier alpha value is -2.98. The van der Waals surface area contributed by atoms with Crippen molar-refractivity contribution in [2.75, 3.05) is 26.4 Å². The zero-order chi connectivity index (χ0) is 43.9. The van der Waals surface area contributed by atoms with Crippen molar-refractivity contribution in [2.45, 2.75) is 166 Å². The molecule has 60 heavy (non-hydrogen) atoms. The van der Waals surface area contributed by atoms with E-state index in [2.05, 4.69) is 115 Å². The number of ether oxygens (including phenoxy) is 4. The number of allylic oxidation sites excluding steroid dienone is 16. The van der Waals surface area contributed by atoms with Gasteiger partial charge in [-0.05, 0) is 89.9 Å². The van der Waals surface area contributed by atoms with E-state index in [4.69, 9.17) is 23.5 Å². The predicted octanol–water partition coefficient (Wildman–Crippen LogP) is 9.07. The lowest BCUT2D eigenvalue weighted by molar-refractivity contribution is -0.301. The van der Waals surface area contributed by atoms with Crippen molar-refractivity contribution >= 4 is 16.4 Å². The van der Waals surface area contributed by atoms with E-state index in [1.54, 1.807) is 0 Å². The standard InChI is InChI=1S/C47H76O12S/c1-3-5-7-9-11-13-15-17-19-21-22-24-26-28-30-32-34-36-43(49)57-41(40-56-47-45(51)46(59-60(52,53)54)44(50)42(38-48)58-47)39-55-37-35-33-31-29-27-25-23-20-18-16-14-12-10-8-6-4-2/h5-8,11-14,17-20,22,24-25,27,41-42,44-48,50-51H,3-4,9-10,15-16,21,23,26,28-40H2,1-2H3,(H,52,53,54)/b7-5-,8-6-,13-11-,14-12-,19-17-,20-18-,24-22-,27-25-. The Morgan fingerprint density at radius 3 is 1.58 bits per heavy atom. The summed E-state index contributed by atoms with van der Waals surface area (Å²) in [6, 6.07) is 0. The van der Waals surface area contributed by atoms with Gasteiger partial charge in [-0.2, -0.15) is 8.42 Å². The van der Waals surface area contributed by atoms with Crippen molar-refractivity contribution in [1.29, 1.82) is 0 Å². The quantitative estimate of drug-likeness (QED) is 0.0204. The van der Waals surface area contributed by atoms with Crippen molar-refractivity contribution < 1.29 is 56.2 Å². The van der Waals surface area contributed by atoms with Gasteiger partial charge in [-0.1, -0.05) is 130 Å². The monoisotopic (exact) mass is 865 g/mol. The van der Waals surface area contributed by atoms with E-state index in [-0.39, 0.29) is 19.6 Å². The molecule has 1 rings (SSSR count). The van der Waals surface area contributed by atoms with Gasteiger partial charge < -0.3 is 34.3 Å². The summed E-state index contributed by atoms with van der Waals surface area (Å²) in [7, 11) is -5.08. The number of hydrogen-bond acceptors (Lipinski definition) is 11. The first kappa shape index (κ1) is 55.0. The molecule has 6 atom stereocenters. The highest BCUT2D eigenvalue weighted by atomic mass is 32.3. The van der Waals surface area contributed by atoms with E-state index < -0.39 is 59.8 Å². The molecule has 6 unspecified atom stereocenters. The molecule has 1 aliphatic heterocycles. The van der Waals surface area contributed by atoms with Crippen molar-refractivity contribution in [3.8, 4) is 0 Å². The zero-order valence-corrected chi connectivity index (χ0v) is 37.0. The molecule has 1 saturated heterocycles. The second kappa shape index (κ2) is 37.8. The number of rotatable bonds is 36. The fourth-order valence-electron chi connectivity index (χ4n) is 5.95. The first-order valence-electron chi connectivity index (χ1n) is 22.0. The van der Waals surface area contributed by atoms with Crippen molar-refractivity contribution in [3.63, 3.8) is 0 Å². The van der Waals surface area contributed by atoms with Gasteiger partial charge in [-0.15, -0.1) is 0 Å². The van der Waals surface area contributed by atoms with Crippen LogP contribution in [0, 0.1) is 0 Å². The third-order valence-corrected chi connectivity index (χ3v) is 9.67. The lowest BCUT2D eigenvalue weighted by atomic mass is 9.99. The molecule has 0 saturated carbocycles. The Balaban J connectivity index is 2.50.